The highest BCUT2D eigenvalue weighted by molar-refractivity contribution is 5.86. The van der Waals surface area contributed by atoms with Gasteiger partial charge in [0.2, 0.25) is 5.91 Å². The second-order valence-corrected chi connectivity index (χ2v) is 6.83. The van der Waals surface area contributed by atoms with E-state index in [-0.39, 0.29) is 24.2 Å². The van der Waals surface area contributed by atoms with E-state index in [1.165, 1.54) is 24.0 Å². The van der Waals surface area contributed by atoms with E-state index in [1.54, 1.807) is 17.0 Å². The molecule has 2 saturated heterocycles. The van der Waals surface area contributed by atoms with Crippen LogP contribution in [-0.2, 0) is 9.59 Å². The zero-order valence-corrected chi connectivity index (χ0v) is 14.4. The molecule has 0 aromatic heterocycles. The number of piperidine rings is 1. The van der Waals surface area contributed by atoms with Gasteiger partial charge in [-0.25, -0.2) is 4.39 Å². The molecular weight excluding hydrogens is 325 g/mol. The van der Waals surface area contributed by atoms with Gasteiger partial charge in [-0.05, 0) is 37.1 Å². The number of β-amino-alcohol motifs (C(OH)–C–C–N with tert-alkyl or cyclic N) is 1. The number of hydrogen-bond acceptors (Lipinski definition) is 4. The molecule has 2 amide bonds. The maximum absolute atomic E-state index is 13.0. The number of amides is 2. The lowest BCUT2D eigenvalue weighted by molar-refractivity contribution is -0.160. The average molecular weight is 349 g/mol. The van der Waals surface area contributed by atoms with Gasteiger partial charge in [0.1, 0.15) is 5.82 Å². The molecular formula is C18H24FN3O3. The lowest BCUT2D eigenvalue weighted by Gasteiger charge is -2.43. The van der Waals surface area contributed by atoms with E-state index in [0.29, 0.717) is 45.6 Å². The third-order valence-electron chi connectivity index (χ3n) is 5.07. The van der Waals surface area contributed by atoms with E-state index in [9.17, 15) is 19.1 Å². The Hall–Kier alpha value is -2.15. The van der Waals surface area contributed by atoms with Crippen molar-refractivity contribution in [3.05, 3.63) is 30.1 Å². The van der Waals surface area contributed by atoms with Crippen LogP contribution in [0.1, 0.15) is 19.8 Å². The SMILES string of the molecule is CC(=O)N1CCC[C@](O)(C(=O)N2CCN(c3ccc(F)cc3)CC2)C1. The van der Waals surface area contributed by atoms with Crippen LogP contribution >= 0.6 is 0 Å². The van der Waals surface area contributed by atoms with Crippen LogP contribution in [0.15, 0.2) is 24.3 Å². The third-order valence-corrected chi connectivity index (χ3v) is 5.07. The van der Waals surface area contributed by atoms with Gasteiger partial charge in [-0.1, -0.05) is 0 Å². The molecule has 7 heteroatoms. The molecule has 0 radical (unpaired) electrons. The number of aliphatic hydroxyl groups is 1. The monoisotopic (exact) mass is 349 g/mol. The fourth-order valence-corrected chi connectivity index (χ4v) is 3.59. The molecule has 3 rings (SSSR count). The Bertz CT molecular complexity index is 643. The lowest BCUT2D eigenvalue weighted by Crippen LogP contribution is -2.61. The Morgan fingerprint density at radius 2 is 1.68 bits per heavy atom. The van der Waals surface area contributed by atoms with E-state index >= 15 is 0 Å². The van der Waals surface area contributed by atoms with Gasteiger partial charge >= 0.3 is 0 Å². The van der Waals surface area contributed by atoms with Crippen LogP contribution in [-0.4, -0.2) is 71.6 Å². The Balaban J connectivity index is 1.61. The fraction of sp³-hybridized carbons (Fsp3) is 0.556. The van der Waals surface area contributed by atoms with Gasteiger partial charge in [-0.3, -0.25) is 9.59 Å². The maximum atomic E-state index is 13.0. The van der Waals surface area contributed by atoms with Crippen LogP contribution in [0.3, 0.4) is 0 Å². The van der Waals surface area contributed by atoms with Crippen LogP contribution in [0, 0.1) is 5.82 Å². The van der Waals surface area contributed by atoms with Crippen molar-refractivity contribution < 1.29 is 19.1 Å². The summed E-state index contributed by atoms with van der Waals surface area (Å²) in [6.45, 7) is 4.37. The molecule has 2 heterocycles. The zero-order valence-electron chi connectivity index (χ0n) is 14.4. The van der Waals surface area contributed by atoms with Crippen LogP contribution in [0.4, 0.5) is 10.1 Å². The molecule has 1 aromatic carbocycles. The molecule has 25 heavy (non-hydrogen) atoms. The fourth-order valence-electron chi connectivity index (χ4n) is 3.59. The second-order valence-electron chi connectivity index (χ2n) is 6.83. The highest BCUT2D eigenvalue weighted by atomic mass is 19.1. The number of carbonyl (C=O) groups excluding carboxylic acids is 2. The Morgan fingerprint density at radius 1 is 1.04 bits per heavy atom. The molecule has 1 N–H and O–H groups in total. The summed E-state index contributed by atoms with van der Waals surface area (Å²) in [5.74, 6) is -0.684. The summed E-state index contributed by atoms with van der Waals surface area (Å²) in [4.78, 5) is 29.7. The van der Waals surface area contributed by atoms with Gasteiger partial charge in [0, 0.05) is 45.3 Å². The van der Waals surface area contributed by atoms with Crippen LogP contribution < -0.4 is 4.90 Å². The largest absolute Gasteiger partial charge is 0.378 e. The first-order valence-corrected chi connectivity index (χ1v) is 8.67. The number of piperazine rings is 1. The number of hydrogen-bond donors (Lipinski definition) is 1. The van der Waals surface area contributed by atoms with Crippen LogP contribution in [0.25, 0.3) is 0 Å². The molecule has 0 unspecified atom stereocenters. The summed E-state index contributed by atoms with van der Waals surface area (Å²) in [5.41, 5.74) is -0.560. The Labute approximate surface area is 146 Å². The smallest absolute Gasteiger partial charge is 0.256 e. The van der Waals surface area contributed by atoms with Crippen molar-refractivity contribution in [2.45, 2.75) is 25.4 Å². The molecule has 2 aliphatic rings. The van der Waals surface area contributed by atoms with Crippen LogP contribution in [0.2, 0.25) is 0 Å². The summed E-state index contributed by atoms with van der Waals surface area (Å²) in [6, 6.07) is 6.31. The van der Waals surface area contributed by atoms with Gasteiger partial charge in [0.05, 0.1) is 6.54 Å². The van der Waals surface area contributed by atoms with Crippen molar-refractivity contribution in [1.29, 1.82) is 0 Å². The van der Waals surface area contributed by atoms with Gasteiger partial charge < -0.3 is 19.8 Å². The van der Waals surface area contributed by atoms with Gasteiger partial charge in [-0.15, -0.1) is 0 Å². The number of halogens is 1. The Kier molecular flexibility index (Phi) is 4.94. The molecule has 1 aromatic rings. The highest BCUT2D eigenvalue weighted by Crippen LogP contribution is 2.25. The zero-order chi connectivity index (χ0) is 18.0. The van der Waals surface area contributed by atoms with Crippen molar-refractivity contribution in [1.82, 2.24) is 9.80 Å². The number of anilines is 1. The van der Waals surface area contributed by atoms with Crippen molar-refractivity contribution in [3.8, 4) is 0 Å². The van der Waals surface area contributed by atoms with E-state index in [1.807, 2.05) is 0 Å². The quantitative estimate of drug-likeness (QED) is 0.860. The van der Waals surface area contributed by atoms with Crippen molar-refractivity contribution in [2.24, 2.45) is 0 Å². The average Bonchev–Trinajstić information content (AvgIpc) is 2.62. The third kappa shape index (κ3) is 3.76. The molecule has 0 saturated carbocycles. The summed E-state index contributed by atoms with van der Waals surface area (Å²) < 4.78 is 13.0. The number of benzene rings is 1. The predicted molar refractivity (Wildman–Crippen MR) is 91.6 cm³/mol. The summed E-state index contributed by atoms with van der Waals surface area (Å²) in [5, 5.41) is 10.8. The molecule has 0 spiro atoms. The Morgan fingerprint density at radius 3 is 2.28 bits per heavy atom. The first-order valence-electron chi connectivity index (χ1n) is 8.67. The number of likely N-dealkylation sites (tertiary alicyclic amines) is 1. The minimum absolute atomic E-state index is 0.0688. The predicted octanol–water partition coefficient (Wildman–Crippen LogP) is 0.848. The maximum Gasteiger partial charge on any atom is 0.256 e. The van der Waals surface area contributed by atoms with Crippen LogP contribution in [0.5, 0.6) is 0 Å². The standard InChI is InChI=1S/C18H24FN3O3/c1-14(23)22-8-2-7-18(25,13-22)17(24)21-11-9-20(10-12-21)16-5-3-15(19)4-6-16/h3-6,25H,2,7-13H2,1H3/t18-/m1/s1. The first-order chi connectivity index (χ1) is 11.9. The highest BCUT2D eigenvalue weighted by Gasteiger charge is 2.43. The lowest BCUT2D eigenvalue weighted by atomic mass is 9.91. The van der Waals surface area contributed by atoms with Gasteiger partial charge in [0.25, 0.3) is 5.91 Å². The minimum atomic E-state index is -1.48. The normalized spacial score (nSPS) is 24.4. The molecule has 2 fully saturated rings. The van der Waals surface area contributed by atoms with E-state index in [0.717, 1.165) is 5.69 Å². The summed E-state index contributed by atoms with van der Waals surface area (Å²) >= 11 is 0. The second kappa shape index (κ2) is 7.00. The van der Waals surface area contributed by atoms with Crippen molar-refractivity contribution in [3.63, 3.8) is 0 Å². The number of carbonyl (C=O) groups is 2. The van der Waals surface area contributed by atoms with Crippen molar-refractivity contribution in [2.75, 3.05) is 44.2 Å². The summed E-state index contributed by atoms with van der Waals surface area (Å²) in [7, 11) is 0. The minimum Gasteiger partial charge on any atom is -0.378 e. The molecule has 136 valence electrons. The van der Waals surface area contributed by atoms with Crippen molar-refractivity contribution >= 4 is 17.5 Å². The molecule has 1 atom stereocenters. The van der Waals surface area contributed by atoms with Gasteiger partial charge in [-0.2, -0.15) is 0 Å². The van der Waals surface area contributed by atoms with E-state index < -0.39 is 5.60 Å². The van der Waals surface area contributed by atoms with E-state index in [2.05, 4.69) is 4.90 Å². The number of nitrogens with zero attached hydrogens (tertiary/aromatic N) is 3. The molecule has 0 aliphatic carbocycles. The summed E-state index contributed by atoms with van der Waals surface area (Å²) in [6.07, 6.45) is 1.01. The molecule has 6 nitrogen and oxygen atoms in total. The van der Waals surface area contributed by atoms with Gasteiger partial charge in [0.15, 0.2) is 5.60 Å². The number of rotatable bonds is 2. The topological polar surface area (TPSA) is 64.1 Å². The first kappa shape index (κ1) is 17.7. The van der Waals surface area contributed by atoms with E-state index in [4.69, 9.17) is 0 Å². The molecule has 0 bridgehead atoms. The molecule has 2 aliphatic heterocycles.